The maximum atomic E-state index is 11.7. The summed E-state index contributed by atoms with van der Waals surface area (Å²) in [7, 11) is 0. The Kier molecular flexibility index (Phi) is 4.37. The molecule has 2 aromatic rings. The molecule has 0 saturated carbocycles. The van der Waals surface area contributed by atoms with Crippen LogP contribution in [0.2, 0.25) is 0 Å². The highest BCUT2D eigenvalue weighted by molar-refractivity contribution is 7.99. The van der Waals surface area contributed by atoms with Crippen molar-refractivity contribution in [2.24, 2.45) is 0 Å². The number of rotatable bonds is 4. The van der Waals surface area contributed by atoms with Gasteiger partial charge in [-0.2, -0.15) is 0 Å². The highest BCUT2D eigenvalue weighted by Crippen LogP contribution is 2.46. The van der Waals surface area contributed by atoms with E-state index in [1.807, 2.05) is 17.8 Å². The highest BCUT2D eigenvalue weighted by atomic mass is 32.2. The summed E-state index contributed by atoms with van der Waals surface area (Å²) in [6.07, 6.45) is 2.11. The van der Waals surface area contributed by atoms with Crippen LogP contribution >= 0.6 is 11.8 Å². The summed E-state index contributed by atoms with van der Waals surface area (Å²) in [5, 5.41) is 0. The molecular weight excluding hydrogens is 300 g/mol. The van der Waals surface area contributed by atoms with Crippen molar-refractivity contribution < 1.29 is 4.79 Å². The van der Waals surface area contributed by atoms with Crippen LogP contribution in [0.5, 0.6) is 0 Å². The molecule has 0 bridgehead atoms. The number of thioether (sulfide) groups is 1. The van der Waals surface area contributed by atoms with E-state index >= 15 is 0 Å². The van der Waals surface area contributed by atoms with E-state index in [-0.39, 0.29) is 11.2 Å². The second-order valence-corrected chi connectivity index (χ2v) is 8.00. The van der Waals surface area contributed by atoms with E-state index in [1.165, 1.54) is 27.1 Å². The second kappa shape index (κ2) is 6.16. The zero-order chi connectivity index (χ0) is 16.6. The van der Waals surface area contributed by atoms with E-state index in [9.17, 15) is 4.79 Å². The molecule has 0 amide bonds. The lowest BCUT2D eigenvalue weighted by Gasteiger charge is -2.37. The lowest BCUT2D eigenvalue weighted by Crippen LogP contribution is -2.28. The SMILES string of the molecule is CCSc1ccc2c(c1)C(C)(CC)Cc1cc(C(C)=O)ccc1-2. The average molecular weight is 324 g/mol. The van der Waals surface area contributed by atoms with Gasteiger partial charge in [-0.15, -0.1) is 11.8 Å². The van der Waals surface area contributed by atoms with E-state index in [0.29, 0.717) is 0 Å². The van der Waals surface area contributed by atoms with Crippen LogP contribution in [0.1, 0.15) is 55.6 Å². The van der Waals surface area contributed by atoms with Crippen LogP contribution < -0.4 is 0 Å². The maximum Gasteiger partial charge on any atom is 0.159 e. The van der Waals surface area contributed by atoms with Crippen LogP contribution in [0.4, 0.5) is 0 Å². The van der Waals surface area contributed by atoms with Crippen molar-refractivity contribution >= 4 is 17.5 Å². The molecule has 23 heavy (non-hydrogen) atoms. The Morgan fingerprint density at radius 1 is 1.13 bits per heavy atom. The van der Waals surface area contributed by atoms with Crippen molar-refractivity contribution in [3.63, 3.8) is 0 Å². The van der Waals surface area contributed by atoms with Crippen LogP contribution in [-0.2, 0) is 11.8 Å². The zero-order valence-corrected chi connectivity index (χ0v) is 15.2. The van der Waals surface area contributed by atoms with E-state index < -0.39 is 0 Å². The van der Waals surface area contributed by atoms with E-state index in [4.69, 9.17) is 0 Å². The largest absolute Gasteiger partial charge is 0.295 e. The number of ketones is 1. The number of hydrogen-bond acceptors (Lipinski definition) is 2. The first-order valence-corrected chi connectivity index (χ1v) is 9.38. The molecule has 0 N–H and O–H groups in total. The van der Waals surface area contributed by atoms with Crippen molar-refractivity contribution in [1.29, 1.82) is 0 Å². The molecular formula is C21H24OS. The summed E-state index contributed by atoms with van der Waals surface area (Å²) < 4.78 is 0. The Morgan fingerprint density at radius 3 is 2.52 bits per heavy atom. The van der Waals surface area contributed by atoms with Crippen molar-refractivity contribution in [3.05, 3.63) is 53.1 Å². The van der Waals surface area contributed by atoms with Gasteiger partial charge < -0.3 is 0 Å². The minimum absolute atomic E-state index is 0.141. The quantitative estimate of drug-likeness (QED) is 0.515. The third-order valence-corrected chi connectivity index (χ3v) is 5.99. The standard InChI is InChI=1S/C21H24OS/c1-5-21(4)13-16-11-15(14(3)22)7-9-18(16)19-10-8-17(23-6-2)12-20(19)21/h7-12H,5-6,13H2,1-4H3. The zero-order valence-electron chi connectivity index (χ0n) is 14.4. The molecule has 0 spiro atoms. The highest BCUT2D eigenvalue weighted by Gasteiger charge is 2.33. The van der Waals surface area contributed by atoms with Gasteiger partial charge in [0.25, 0.3) is 0 Å². The first-order chi connectivity index (χ1) is 11.0. The molecule has 2 aromatic carbocycles. The van der Waals surface area contributed by atoms with Crippen LogP contribution in [0, 0.1) is 0 Å². The number of hydrogen-bond donors (Lipinski definition) is 0. The molecule has 3 rings (SSSR count). The molecule has 0 aliphatic heterocycles. The molecule has 0 fully saturated rings. The van der Waals surface area contributed by atoms with E-state index in [1.54, 1.807) is 6.92 Å². The van der Waals surface area contributed by atoms with E-state index in [0.717, 1.165) is 24.2 Å². The predicted octanol–water partition coefficient (Wildman–Crippen LogP) is 5.89. The summed E-state index contributed by atoms with van der Waals surface area (Å²) in [6, 6.07) is 13.1. The maximum absolute atomic E-state index is 11.7. The Bertz CT molecular complexity index is 762. The third-order valence-electron chi connectivity index (χ3n) is 5.12. The van der Waals surface area contributed by atoms with Crippen molar-refractivity contribution in [1.82, 2.24) is 0 Å². The first-order valence-electron chi connectivity index (χ1n) is 8.40. The summed E-state index contributed by atoms with van der Waals surface area (Å²) >= 11 is 1.90. The summed E-state index contributed by atoms with van der Waals surface area (Å²) in [5.41, 5.74) is 6.37. The van der Waals surface area contributed by atoms with Crippen molar-refractivity contribution in [2.45, 2.75) is 50.8 Å². The number of fused-ring (bicyclic) bond motifs is 3. The van der Waals surface area contributed by atoms with Gasteiger partial charge in [-0.3, -0.25) is 4.79 Å². The number of benzene rings is 2. The second-order valence-electron chi connectivity index (χ2n) is 6.66. The molecule has 2 heteroatoms. The van der Waals surface area contributed by atoms with Crippen LogP contribution in [-0.4, -0.2) is 11.5 Å². The van der Waals surface area contributed by atoms with Crippen molar-refractivity contribution in [2.75, 3.05) is 5.75 Å². The fraction of sp³-hybridized carbons (Fsp3) is 0.381. The van der Waals surface area contributed by atoms with Gasteiger partial charge in [0, 0.05) is 10.5 Å². The Balaban J connectivity index is 2.19. The summed E-state index contributed by atoms with van der Waals surface area (Å²) in [4.78, 5) is 13.1. The van der Waals surface area contributed by atoms with Crippen LogP contribution in [0.3, 0.4) is 0 Å². The summed E-state index contributed by atoms with van der Waals surface area (Å²) in [5.74, 6) is 1.24. The van der Waals surface area contributed by atoms with Gasteiger partial charge in [0.2, 0.25) is 0 Å². The van der Waals surface area contributed by atoms with Gasteiger partial charge in [-0.05, 0) is 71.4 Å². The topological polar surface area (TPSA) is 17.1 Å². The Hall–Kier alpha value is -1.54. The fourth-order valence-corrected chi connectivity index (χ4v) is 4.27. The molecule has 1 atom stereocenters. The average Bonchev–Trinajstić information content (AvgIpc) is 2.55. The predicted molar refractivity (Wildman–Crippen MR) is 99.6 cm³/mol. The smallest absolute Gasteiger partial charge is 0.159 e. The van der Waals surface area contributed by atoms with Gasteiger partial charge in [-0.1, -0.05) is 39.0 Å². The van der Waals surface area contributed by atoms with Crippen LogP contribution in [0.25, 0.3) is 11.1 Å². The van der Waals surface area contributed by atoms with Crippen LogP contribution in [0.15, 0.2) is 41.3 Å². The monoisotopic (exact) mass is 324 g/mol. The molecule has 1 nitrogen and oxygen atoms in total. The normalized spacial score (nSPS) is 19.1. The van der Waals surface area contributed by atoms with Gasteiger partial charge in [0.05, 0.1) is 0 Å². The van der Waals surface area contributed by atoms with Gasteiger partial charge in [0.15, 0.2) is 5.78 Å². The van der Waals surface area contributed by atoms with Crippen molar-refractivity contribution in [3.8, 4) is 11.1 Å². The number of carbonyl (C=O) groups excluding carboxylic acids is 1. The Morgan fingerprint density at radius 2 is 1.87 bits per heavy atom. The fourth-order valence-electron chi connectivity index (χ4n) is 3.57. The lowest BCUT2D eigenvalue weighted by atomic mass is 9.67. The van der Waals surface area contributed by atoms with Gasteiger partial charge >= 0.3 is 0 Å². The molecule has 1 unspecified atom stereocenters. The molecule has 1 aliphatic rings. The minimum atomic E-state index is 0.141. The lowest BCUT2D eigenvalue weighted by molar-refractivity contribution is 0.101. The number of Topliss-reactive ketones (excluding diaryl/α,β-unsaturated/α-hetero) is 1. The minimum Gasteiger partial charge on any atom is -0.295 e. The van der Waals surface area contributed by atoms with Gasteiger partial charge in [-0.25, -0.2) is 0 Å². The third kappa shape index (κ3) is 2.85. The van der Waals surface area contributed by atoms with E-state index in [2.05, 4.69) is 51.1 Å². The number of carbonyl (C=O) groups is 1. The first kappa shape index (κ1) is 16.3. The molecule has 0 aromatic heterocycles. The molecule has 120 valence electrons. The molecule has 0 saturated heterocycles. The molecule has 0 radical (unpaired) electrons. The van der Waals surface area contributed by atoms with Gasteiger partial charge in [0.1, 0.15) is 0 Å². The molecule has 0 heterocycles. The Labute approximate surface area is 143 Å². The molecule has 1 aliphatic carbocycles. The summed E-state index contributed by atoms with van der Waals surface area (Å²) in [6.45, 7) is 8.46.